The molecule has 27 heavy (non-hydrogen) atoms. The van der Waals surface area contributed by atoms with Gasteiger partial charge >= 0.3 is 0 Å². The lowest BCUT2D eigenvalue weighted by Gasteiger charge is -2.34. The highest BCUT2D eigenvalue weighted by molar-refractivity contribution is 7.89. The van der Waals surface area contributed by atoms with Crippen LogP contribution in [0.2, 0.25) is 0 Å². The molecule has 146 valence electrons. The van der Waals surface area contributed by atoms with Crippen LogP contribution in [0.5, 0.6) is 11.5 Å². The van der Waals surface area contributed by atoms with E-state index in [2.05, 4.69) is 15.0 Å². The number of hydrogen-bond acceptors (Lipinski definition) is 7. The van der Waals surface area contributed by atoms with Crippen LogP contribution in [0.4, 0.5) is 0 Å². The second kappa shape index (κ2) is 8.15. The fourth-order valence-electron chi connectivity index (χ4n) is 3.27. The molecule has 1 aromatic heterocycles. The van der Waals surface area contributed by atoms with Crippen LogP contribution >= 0.6 is 11.3 Å². The van der Waals surface area contributed by atoms with E-state index in [9.17, 15) is 8.42 Å². The Kier molecular flexibility index (Phi) is 5.65. The molecule has 0 unspecified atom stereocenters. The molecule has 0 spiro atoms. The molecule has 3 heterocycles. The summed E-state index contributed by atoms with van der Waals surface area (Å²) < 4.78 is 44.8. The zero-order chi connectivity index (χ0) is 18.7. The van der Waals surface area contributed by atoms with Gasteiger partial charge in [0.15, 0.2) is 11.5 Å². The third-order valence-electron chi connectivity index (χ3n) is 4.71. The van der Waals surface area contributed by atoms with E-state index in [4.69, 9.17) is 14.2 Å². The number of sulfonamides is 1. The lowest BCUT2D eigenvalue weighted by atomic mass is 10.1. The number of nitrogens with one attached hydrogen (secondary N) is 1. The Morgan fingerprint density at radius 2 is 1.85 bits per heavy atom. The normalized spacial score (nSPS) is 19.0. The molecule has 1 atom stereocenters. The fraction of sp³-hybridized carbons (Fsp3) is 0.444. The quantitative estimate of drug-likeness (QED) is 0.784. The molecule has 1 aromatic carbocycles. The van der Waals surface area contributed by atoms with Gasteiger partial charge in [-0.15, -0.1) is 0 Å². The monoisotopic (exact) mass is 410 g/mol. The van der Waals surface area contributed by atoms with Gasteiger partial charge in [-0.2, -0.15) is 11.3 Å². The number of hydrogen-bond donors (Lipinski definition) is 1. The zero-order valence-electron chi connectivity index (χ0n) is 14.8. The minimum absolute atomic E-state index is 0.0212. The van der Waals surface area contributed by atoms with Crippen molar-refractivity contribution in [1.82, 2.24) is 9.62 Å². The van der Waals surface area contributed by atoms with Gasteiger partial charge in [0.25, 0.3) is 0 Å². The SMILES string of the molecule is O=S(=O)(NC[C@@H](c1ccsc1)N1CCOCC1)c1ccc2c(c1)OCCO2. The Labute approximate surface area is 162 Å². The van der Waals surface area contributed by atoms with Crippen molar-refractivity contribution in [2.45, 2.75) is 10.9 Å². The van der Waals surface area contributed by atoms with Gasteiger partial charge in [0.05, 0.1) is 18.1 Å². The van der Waals surface area contributed by atoms with E-state index >= 15 is 0 Å². The van der Waals surface area contributed by atoms with Crippen LogP contribution in [0, 0.1) is 0 Å². The van der Waals surface area contributed by atoms with E-state index in [1.165, 1.54) is 6.07 Å². The van der Waals surface area contributed by atoms with Gasteiger partial charge in [-0.25, -0.2) is 13.1 Å². The van der Waals surface area contributed by atoms with Gasteiger partial charge in [0.1, 0.15) is 13.2 Å². The van der Waals surface area contributed by atoms with Crippen molar-refractivity contribution in [3.8, 4) is 11.5 Å². The zero-order valence-corrected chi connectivity index (χ0v) is 16.4. The van der Waals surface area contributed by atoms with E-state index in [0.29, 0.717) is 44.5 Å². The predicted molar refractivity (Wildman–Crippen MR) is 102 cm³/mol. The number of morpholine rings is 1. The molecule has 2 aliphatic rings. The number of rotatable bonds is 6. The lowest BCUT2D eigenvalue weighted by Crippen LogP contribution is -2.43. The molecular weight excluding hydrogens is 388 g/mol. The minimum atomic E-state index is -3.66. The van der Waals surface area contributed by atoms with Crippen molar-refractivity contribution in [1.29, 1.82) is 0 Å². The van der Waals surface area contributed by atoms with E-state index in [1.54, 1.807) is 23.5 Å². The Hall–Kier alpha value is -1.65. The summed E-state index contributed by atoms with van der Waals surface area (Å²) in [5, 5.41) is 4.08. The van der Waals surface area contributed by atoms with Crippen LogP contribution in [-0.2, 0) is 14.8 Å². The average molecular weight is 411 g/mol. The van der Waals surface area contributed by atoms with Crippen LogP contribution in [0.25, 0.3) is 0 Å². The second-order valence-corrected chi connectivity index (χ2v) is 8.93. The maximum Gasteiger partial charge on any atom is 0.240 e. The van der Waals surface area contributed by atoms with Crippen molar-refractivity contribution in [2.75, 3.05) is 46.1 Å². The first-order valence-corrected chi connectivity index (χ1v) is 11.3. The van der Waals surface area contributed by atoms with Crippen molar-refractivity contribution >= 4 is 21.4 Å². The molecule has 0 bridgehead atoms. The average Bonchev–Trinajstić information content (AvgIpc) is 3.23. The largest absolute Gasteiger partial charge is 0.486 e. The Bertz CT molecular complexity index is 864. The lowest BCUT2D eigenvalue weighted by molar-refractivity contribution is 0.0173. The third kappa shape index (κ3) is 4.27. The molecule has 0 amide bonds. The van der Waals surface area contributed by atoms with Gasteiger partial charge in [-0.1, -0.05) is 0 Å². The first-order valence-electron chi connectivity index (χ1n) is 8.87. The standard InChI is InChI=1S/C18H22N2O5S2/c21-27(22,15-1-2-17-18(11-15)25-9-8-24-17)19-12-16(14-3-10-26-13-14)20-4-6-23-7-5-20/h1-3,10-11,13,16,19H,4-9,12H2/t16-/m0/s1. The first-order chi connectivity index (χ1) is 13.1. The number of nitrogens with zero attached hydrogens (tertiary/aromatic N) is 1. The Morgan fingerprint density at radius 3 is 2.59 bits per heavy atom. The minimum Gasteiger partial charge on any atom is -0.486 e. The summed E-state index contributed by atoms with van der Waals surface area (Å²) in [4.78, 5) is 2.44. The molecule has 1 N–H and O–H groups in total. The highest BCUT2D eigenvalue weighted by Gasteiger charge is 2.26. The van der Waals surface area contributed by atoms with E-state index in [1.807, 2.05) is 11.4 Å². The van der Waals surface area contributed by atoms with Crippen LogP contribution in [0.3, 0.4) is 0 Å². The summed E-state index contributed by atoms with van der Waals surface area (Å²) in [7, 11) is -3.66. The van der Waals surface area contributed by atoms with Gasteiger partial charge in [-0.3, -0.25) is 4.90 Å². The third-order valence-corrected chi connectivity index (χ3v) is 6.83. The Balaban J connectivity index is 1.51. The van der Waals surface area contributed by atoms with E-state index in [-0.39, 0.29) is 10.9 Å². The molecule has 1 saturated heterocycles. The summed E-state index contributed by atoms with van der Waals surface area (Å²) in [6.45, 7) is 4.08. The second-order valence-electron chi connectivity index (χ2n) is 6.38. The summed E-state index contributed by atoms with van der Waals surface area (Å²) in [6, 6.07) is 6.73. The number of fused-ring (bicyclic) bond motifs is 1. The van der Waals surface area contributed by atoms with Gasteiger partial charge in [-0.05, 0) is 34.5 Å². The van der Waals surface area contributed by atoms with Crippen molar-refractivity contribution in [3.05, 3.63) is 40.6 Å². The molecule has 2 aromatic rings. The molecule has 7 nitrogen and oxygen atoms in total. The van der Waals surface area contributed by atoms with E-state index in [0.717, 1.165) is 18.7 Å². The highest BCUT2D eigenvalue weighted by atomic mass is 32.2. The van der Waals surface area contributed by atoms with Crippen molar-refractivity contribution in [2.24, 2.45) is 0 Å². The molecule has 0 radical (unpaired) electrons. The maximum atomic E-state index is 12.8. The topological polar surface area (TPSA) is 77.1 Å². The van der Waals surface area contributed by atoms with Gasteiger partial charge in [0, 0.05) is 31.7 Å². The van der Waals surface area contributed by atoms with Crippen LogP contribution in [0.15, 0.2) is 39.9 Å². The smallest absolute Gasteiger partial charge is 0.240 e. The summed E-state index contributed by atoms with van der Waals surface area (Å²) >= 11 is 1.61. The molecule has 2 aliphatic heterocycles. The molecule has 0 aliphatic carbocycles. The summed E-state index contributed by atoms with van der Waals surface area (Å²) in [6.07, 6.45) is 0. The van der Waals surface area contributed by atoms with Gasteiger partial charge < -0.3 is 14.2 Å². The highest BCUT2D eigenvalue weighted by Crippen LogP contribution is 2.32. The van der Waals surface area contributed by atoms with Crippen molar-refractivity contribution < 1.29 is 22.6 Å². The number of benzene rings is 1. The first kappa shape index (κ1) is 18.7. The predicted octanol–water partition coefficient (Wildman–Crippen LogP) is 1.87. The molecular formula is C18H22N2O5S2. The van der Waals surface area contributed by atoms with Crippen molar-refractivity contribution in [3.63, 3.8) is 0 Å². The number of ether oxygens (including phenoxy) is 3. The van der Waals surface area contributed by atoms with Crippen LogP contribution < -0.4 is 14.2 Å². The molecule has 0 saturated carbocycles. The maximum absolute atomic E-state index is 12.8. The molecule has 1 fully saturated rings. The van der Waals surface area contributed by atoms with Crippen LogP contribution in [-0.4, -0.2) is 59.4 Å². The van der Waals surface area contributed by atoms with Gasteiger partial charge in [0.2, 0.25) is 10.0 Å². The molecule has 9 heteroatoms. The Morgan fingerprint density at radius 1 is 1.07 bits per heavy atom. The van der Waals surface area contributed by atoms with E-state index < -0.39 is 10.0 Å². The van der Waals surface area contributed by atoms with Crippen LogP contribution in [0.1, 0.15) is 11.6 Å². The summed E-state index contributed by atoms with van der Waals surface area (Å²) in [5.41, 5.74) is 1.12. The summed E-state index contributed by atoms with van der Waals surface area (Å²) in [5.74, 6) is 1.04. The number of thiophene rings is 1. The fourth-order valence-corrected chi connectivity index (χ4v) is 5.03. The molecule has 4 rings (SSSR count).